The zero-order valence-corrected chi connectivity index (χ0v) is 12.2. The van der Waals surface area contributed by atoms with Crippen LogP contribution >= 0.6 is 0 Å². The summed E-state index contributed by atoms with van der Waals surface area (Å²) in [5, 5.41) is 20.7. The molecule has 1 aliphatic heterocycles. The number of hydrogen-bond donors (Lipinski definition) is 2. The Morgan fingerprint density at radius 1 is 1.28 bits per heavy atom. The van der Waals surface area contributed by atoms with Gasteiger partial charge in [0, 0.05) is 0 Å². The molecule has 110 valence electrons. The van der Waals surface area contributed by atoms with Gasteiger partial charge >= 0.3 is 71.1 Å². The van der Waals surface area contributed by atoms with Crippen LogP contribution in [-0.4, -0.2) is 54.8 Å². The average Bonchev–Trinajstić information content (AvgIpc) is 2.11. The third-order valence-electron chi connectivity index (χ3n) is 2.26. The number of alkyl halides is 3. The Hall–Kier alpha value is 0.139. The van der Waals surface area contributed by atoms with Crippen LogP contribution in [-0.2, 0) is 10.1 Å². The molecule has 1 aliphatic rings. The molecule has 18 heavy (non-hydrogen) atoms. The molecule has 0 aromatic carbocycles. The zero-order chi connectivity index (χ0) is 14.7. The minimum atomic E-state index is -6.09. The van der Waals surface area contributed by atoms with Gasteiger partial charge in [-0.2, -0.15) is 13.2 Å². The standard InChI is InChI=1S/C7H15O2Se.CHF3O3S/c1-5-3-10(2)4-6(8)7(5)9;2-1(3,4)8(5,6)7/h5-9H,3-4H2,1-2H3;(H,5,6,7)/q+1;/p-1/t5-,6+,7-,10?;/m1./s1. The SMILES string of the molecule is C[C@@H]1C[Se+](C)C[C@H](O)[C@@H]1O.O=S(=O)([O-])C(F)(F)F. The summed E-state index contributed by atoms with van der Waals surface area (Å²) >= 11 is -0.537. The second-order valence-electron chi connectivity index (χ2n) is 4.05. The van der Waals surface area contributed by atoms with Crippen molar-refractivity contribution >= 4 is 24.0 Å². The summed E-state index contributed by atoms with van der Waals surface area (Å²) in [6, 6.07) is 0. The fraction of sp³-hybridized carbons (Fsp3) is 1.00. The Labute approximate surface area is 108 Å². The molecule has 1 rings (SSSR count). The Kier molecular flexibility index (Phi) is 6.58. The molecule has 1 unspecified atom stereocenters. The first-order valence-electron chi connectivity index (χ1n) is 4.83. The summed E-state index contributed by atoms with van der Waals surface area (Å²) in [5.74, 6) is 2.56. The molecule has 1 saturated heterocycles. The summed E-state index contributed by atoms with van der Waals surface area (Å²) in [4.78, 5) is 0. The predicted octanol–water partition coefficient (Wildman–Crippen LogP) is 0.534. The number of halogens is 3. The molecule has 5 nitrogen and oxygen atoms in total. The maximum atomic E-state index is 10.7. The van der Waals surface area contributed by atoms with Crippen LogP contribution in [0.25, 0.3) is 0 Å². The van der Waals surface area contributed by atoms with E-state index < -0.39 is 41.7 Å². The molecule has 0 spiro atoms. The van der Waals surface area contributed by atoms with Crippen LogP contribution in [0.3, 0.4) is 0 Å². The van der Waals surface area contributed by atoms with Crippen LogP contribution in [0, 0.1) is 5.92 Å². The second kappa shape index (κ2) is 6.53. The largest absolute Gasteiger partial charge is 0.741 e. The molecule has 0 aromatic rings. The number of aliphatic hydroxyl groups excluding tert-OH is 2. The van der Waals surface area contributed by atoms with Crippen molar-refractivity contribution in [1.82, 2.24) is 0 Å². The molecular weight excluding hydrogens is 344 g/mol. The van der Waals surface area contributed by atoms with Gasteiger partial charge in [-0.1, -0.05) is 0 Å². The van der Waals surface area contributed by atoms with E-state index in [2.05, 4.69) is 5.82 Å². The van der Waals surface area contributed by atoms with Crippen LogP contribution in [0.15, 0.2) is 0 Å². The Balaban J connectivity index is 0.000000331. The molecule has 2 N–H and O–H groups in total. The van der Waals surface area contributed by atoms with Crippen molar-refractivity contribution in [3.8, 4) is 0 Å². The number of rotatable bonds is 0. The van der Waals surface area contributed by atoms with Crippen molar-refractivity contribution in [1.29, 1.82) is 0 Å². The van der Waals surface area contributed by atoms with Crippen LogP contribution < -0.4 is 0 Å². The van der Waals surface area contributed by atoms with Crippen LogP contribution in [0.4, 0.5) is 13.2 Å². The van der Waals surface area contributed by atoms with Crippen molar-refractivity contribution in [2.45, 2.75) is 41.1 Å². The van der Waals surface area contributed by atoms with Gasteiger partial charge in [-0.15, -0.1) is 0 Å². The Morgan fingerprint density at radius 2 is 1.67 bits per heavy atom. The predicted molar refractivity (Wildman–Crippen MR) is 58.2 cm³/mol. The zero-order valence-electron chi connectivity index (χ0n) is 9.72. The smallest absolute Gasteiger partial charge is 0.485 e. The number of aliphatic hydroxyl groups is 2. The molecule has 0 saturated carbocycles. The molecule has 0 amide bonds. The second-order valence-corrected chi connectivity index (χ2v) is 10.1. The van der Waals surface area contributed by atoms with E-state index in [9.17, 15) is 23.4 Å². The van der Waals surface area contributed by atoms with Gasteiger partial charge in [0.05, 0.1) is 0 Å². The van der Waals surface area contributed by atoms with Gasteiger partial charge in [-0.05, 0) is 0 Å². The van der Waals surface area contributed by atoms with E-state index in [0.29, 0.717) is 5.92 Å². The average molecular weight is 359 g/mol. The molecule has 0 radical (unpaired) electrons. The van der Waals surface area contributed by atoms with E-state index in [0.717, 1.165) is 10.6 Å². The fourth-order valence-electron chi connectivity index (χ4n) is 1.38. The van der Waals surface area contributed by atoms with E-state index >= 15 is 0 Å². The molecule has 0 aromatic heterocycles. The summed E-state index contributed by atoms with van der Waals surface area (Å²) in [5.41, 5.74) is -5.65. The normalized spacial score (nSPS) is 33.6. The van der Waals surface area contributed by atoms with Gasteiger partial charge in [-0.3, -0.25) is 0 Å². The van der Waals surface area contributed by atoms with Crippen LogP contribution in [0.1, 0.15) is 6.92 Å². The first-order valence-corrected chi connectivity index (χ1v) is 10.4. The van der Waals surface area contributed by atoms with E-state index in [1.165, 1.54) is 0 Å². The summed E-state index contributed by atoms with van der Waals surface area (Å²) in [6.07, 6.45) is -0.890. The third-order valence-corrected chi connectivity index (χ3v) is 7.04. The minimum Gasteiger partial charge on any atom is -0.741 e. The van der Waals surface area contributed by atoms with Gasteiger partial charge < -0.3 is 4.55 Å². The van der Waals surface area contributed by atoms with E-state index in [4.69, 9.17) is 13.0 Å². The molecule has 0 aliphatic carbocycles. The fourth-order valence-corrected chi connectivity index (χ4v) is 5.60. The van der Waals surface area contributed by atoms with Crippen molar-refractivity contribution in [2.24, 2.45) is 5.92 Å². The molecule has 1 fully saturated rings. The maximum absolute atomic E-state index is 10.7. The van der Waals surface area contributed by atoms with Crippen molar-refractivity contribution < 1.29 is 36.4 Å². The molecule has 10 heteroatoms. The third kappa shape index (κ3) is 5.85. The van der Waals surface area contributed by atoms with Crippen molar-refractivity contribution in [3.63, 3.8) is 0 Å². The minimum absolute atomic E-state index is 0.318. The van der Waals surface area contributed by atoms with Crippen molar-refractivity contribution in [2.75, 3.05) is 0 Å². The maximum Gasteiger partial charge on any atom is 0.485 e. The van der Waals surface area contributed by atoms with E-state index in [1.807, 2.05) is 6.92 Å². The van der Waals surface area contributed by atoms with E-state index in [1.54, 1.807) is 0 Å². The summed E-state index contributed by atoms with van der Waals surface area (Å²) in [6.45, 7) is 2.02. The Morgan fingerprint density at radius 3 is 1.94 bits per heavy atom. The summed E-state index contributed by atoms with van der Waals surface area (Å²) < 4.78 is 58.9. The van der Waals surface area contributed by atoms with E-state index in [-0.39, 0.29) is 0 Å². The Bertz CT molecular complexity index is 346. The monoisotopic (exact) mass is 360 g/mol. The van der Waals surface area contributed by atoms with Gasteiger partial charge in [0.25, 0.3) is 0 Å². The first-order chi connectivity index (χ1) is 7.86. The molecular formula is C8H15F3O5SSe. The topological polar surface area (TPSA) is 97.7 Å². The molecule has 4 atom stereocenters. The van der Waals surface area contributed by atoms with Gasteiger partial charge in [0.2, 0.25) is 0 Å². The van der Waals surface area contributed by atoms with Crippen molar-refractivity contribution in [3.05, 3.63) is 0 Å². The van der Waals surface area contributed by atoms with Crippen LogP contribution in [0.2, 0.25) is 16.5 Å². The number of hydrogen-bond acceptors (Lipinski definition) is 5. The van der Waals surface area contributed by atoms with Gasteiger partial charge in [0.1, 0.15) is 0 Å². The van der Waals surface area contributed by atoms with Gasteiger partial charge in [0.15, 0.2) is 10.1 Å². The van der Waals surface area contributed by atoms with Crippen LogP contribution in [0.5, 0.6) is 0 Å². The molecule has 1 heterocycles. The van der Waals surface area contributed by atoms with Gasteiger partial charge in [-0.25, -0.2) is 8.42 Å². The quantitative estimate of drug-likeness (QED) is 0.374. The summed E-state index contributed by atoms with van der Waals surface area (Å²) in [7, 11) is -6.09. The molecule has 0 bridgehead atoms. The first kappa shape index (κ1) is 18.1.